The van der Waals surface area contributed by atoms with Gasteiger partial charge < -0.3 is 10.6 Å². The summed E-state index contributed by atoms with van der Waals surface area (Å²) in [6.45, 7) is 3.03. The summed E-state index contributed by atoms with van der Waals surface area (Å²) in [7, 11) is 0. The van der Waals surface area contributed by atoms with Crippen molar-refractivity contribution in [2.75, 3.05) is 11.9 Å². The van der Waals surface area contributed by atoms with E-state index in [1.54, 1.807) is 12.1 Å². The molecule has 0 saturated heterocycles. The van der Waals surface area contributed by atoms with Crippen LogP contribution in [-0.2, 0) is 0 Å². The molecule has 0 aliphatic heterocycles. The van der Waals surface area contributed by atoms with Gasteiger partial charge in [0.1, 0.15) is 4.99 Å². The maximum absolute atomic E-state index is 6.04. The van der Waals surface area contributed by atoms with E-state index >= 15 is 0 Å². The van der Waals surface area contributed by atoms with Gasteiger partial charge in [-0.3, -0.25) is 0 Å². The first-order chi connectivity index (χ1) is 12.0. The number of anilines is 1. The second kappa shape index (κ2) is 10.0. The minimum atomic E-state index is 0.484. The minimum absolute atomic E-state index is 0.484. The zero-order valence-electron chi connectivity index (χ0n) is 13.8. The third-order valence-electron chi connectivity index (χ3n) is 3.46. The van der Waals surface area contributed by atoms with E-state index < -0.39 is 0 Å². The summed E-state index contributed by atoms with van der Waals surface area (Å²) in [4.78, 5) is 0.576. The molecule has 132 valence electrons. The van der Waals surface area contributed by atoms with Crippen molar-refractivity contribution in [3.8, 4) is 0 Å². The average Bonchev–Trinajstić information content (AvgIpc) is 2.58. The molecule has 0 radical (unpaired) electrons. The molecule has 6 heteroatoms. The first kappa shape index (κ1) is 20.1. The lowest BCUT2D eigenvalue weighted by Gasteiger charge is -2.13. The molecule has 0 fully saturated rings. The maximum Gasteiger partial charge on any atom is 0.105 e. The molecule has 0 amide bonds. The Bertz CT molecular complexity index is 758. The Hall–Kier alpha value is -1.26. The average molecular weight is 414 g/mol. The Kier molecular flexibility index (Phi) is 8.04. The molecule has 25 heavy (non-hydrogen) atoms. The van der Waals surface area contributed by atoms with E-state index in [0.717, 1.165) is 36.3 Å². The Labute approximate surface area is 169 Å². The largest absolute Gasteiger partial charge is 0.384 e. The van der Waals surface area contributed by atoms with Crippen LogP contribution in [0.15, 0.2) is 48.5 Å². The van der Waals surface area contributed by atoms with Crippen LogP contribution < -0.4 is 10.6 Å². The number of unbranched alkanes of at least 4 members (excludes halogenated alkanes) is 1. The predicted molar refractivity (Wildman–Crippen MR) is 115 cm³/mol. The SMILES string of the molecule is CCCCN/C(=C\C(=S)Nc1ccc(Cl)c(Cl)c1)c1ccc(Cl)cc1. The minimum Gasteiger partial charge on any atom is -0.384 e. The molecule has 0 aromatic heterocycles. The zero-order chi connectivity index (χ0) is 18.2. The van der Waals surface area contributed by atoms with Crippen LogP contribution in [0.2, 0.25) is 15.1 Å². The number of benzene rings is 2. The van der Waals surface area contributed by atoms with Crippen LogP contribution in [0.1, 0.15) is 25.3 Å². The van der Waals surface area contributed by atoms with Crippen molar-refractivity contribution >= 4 is 63.4 Å². The molecule has 0 atom stereocenters. The molecule has 2 N–H and O–H groups in total. The Balaban J connectivity index is 2.17. The summed E-state index contributed by atoms with van der Waals surface area (Å²) >= 11 is 23.4. The Morgan fingerprint density at radius 3 is 2.40 bits per heavy atom. The highest BCUT2D eigenvalue weighted by Crippen LogP contribution is 2.25. The summed E-state index contributed by atoms with van der Waals surface area (Å²) < 4.78 is 0. The lowest BCUT2D eigenvalue weighted by atomic mass is 10.1. The molecule has 2 nitrogen and oxygen atoms in total. The van der Waals surface area contributed by atoms with Crippen molar-refractivity contribution in [3.05, 3.63) is 69.2 Å². The van der Waals surface area contributed by atoms with Crippen LogP contribution in [0.4, 0.5) is 5.69 Å². The van der Waals surface area contributed by atoms with Gasteiger partial charge in [-0.2, -0.15) is 0 Å². The van der Waals surface area contributed by atoms with Gasteiger partial charge in [0.25, 0.3) is 0 Å². The molecule has 2 aromatic carbocycles. The monoisotopic (exact) mass is 412 g/mol. The second-order valence-corrected chi connectivity index (χ2v) is 7.15. The quantitative estimate of drug-likeness (QED) is 0.296. The van der Waals surface area contributed by atoms with Crippen molar-refractivity contribution in [1.29, 1.82) is 0 Å². The third-order valence-corrected chi connectivity index (χ3v) is 4.67. The van der Waals surface area contributed by atoms with E-state index in [4.69, 9.17) is 47.0 Å². The lowest BCUT2D eigenvalue weighted by Crippen LogP contribution is -2.16. The van der Waals surface area contributed by atoms with Gasteiger partial charge in [0.05, 0.1) is 10.0 Å². The fraction of sp³-hybridized carbons (Fsp3) is 0.211. The highest BCUT2D eigenvalue weighted by molar-refractivity contribution is 7.81. The molecule has 2 rings (SSSR count). The maximum atomic E-state index is 6.04. The second-order valence-electron chi connectivity index (χ2n) is 5.46. The normalized spacial score (nSPS) is 11.3. The van der Waals surface area contributed by atoms with Gasteiger partial charge in [0, 0.05) is 23.0 Å². The molecular formula is C19H19Cl3N2S. The number of rotatable bonds is 7. The van der Waals surface area contributed by atoms with Crippen LogP contribution in [0.25, 0.3) is 5.70 Å². The molecule has 0 bridgehead atoms. The molecule has 0 unspecified atom stereocenters. The molecule has 0 spiro atoms. The van der Waals surface area contributed by atoms with Gasteiger partial charge in [-0.05, 0) is 48.4 Å². The molecule has 2 aromatic rings. The van der Waals surface area contributed by atoms with Crippen molar-refractivity contribution in [2.45, 2.75) is 19.8 Å². The van der Waals surface area contributed by atoms with Crippen LogP contribution in [-0.4, -0.2) is 11.5 Å². The highest BCUT2D eigenvalue weighted by atomic mass is 35.5. The number of hydrogen-bond donors (Lipinski definition) is 2. The molecule has 0 aliphatic rings. The first-order valence-electron chi connectivity index (χ1n) is 7.97. The fourth-order valence-corrected chi connectivity index (χ4v) is 2.81. The summed E-state index contributed by atoms with van der Waals surface area (Å²) in [6, 6.07) is 13.0. The van der Waals surface area contributed by atoms with Gasteiger partial charge in [-0.1, -0.05) is 72.5 Å². The standard InChI is InChI=1S/C19H19Cl3N2S/c1-2-3-10-23-18(13-4-6-14(20)7-5-13)12-19(25)24-15-8-9-16(21)17(22)11-15/h4-9,11-12,23H,2-3,10H2,1H3,(H,24,25)/b18-12-. The zero-order valence-corrected chi connectivity index (χ0v) is 16.9. The lowest BCUT2D eigenvalue weighted by molar-refractivity contribution is 0.745. The molecule has 0 heterocycles. The smallest absolute Gasteiger partial charge is 0.105 e. The molecule has 0 aliphatic carbocycles. The third kappa shape index (κ3) is 6.52. The van der Waals surface area contributed by atoms with Gasteiger partial charge in [0.2, 0.25) is 0 Å². The highest BCUT2D eigenvalue weighted by Gasteiger charge is 2.05. The predicted octanol–water partition coefficient (Wildman–Crippen LogP) is 6.82. The van der Waals surface area contributed by atoms with E-state index in [0.29, 0.717) is 20.1 Å². The Morgan fingerprint density at radius 1 is 1.04 bits per heavy atom. The van der Waals surface area contributed by atoms with E-state index in [9.17, 15) is 0 Å². The number of halogens is 3. The number of hydrogen-bond acceptors (Lipinski definition) is 2. The van der Waals surface area contributed by atoms with Gasteiger partial charge in [-0.15, -0.1) is 0 Å². The summed E-state index contributed by atoms with van der Waals surface area (Å²) in [6.07, 6.45) is 4.10. The van der Waals surface area contributed by atoms with Crippen molar-refractivity contribution in [2.24, 2.45) is 0 Å². The molecule has 0 saturated carbocycles. The van der Waals surface area contributed by atoms with Gasteiger partial charge >= 0.3 is 0 Å². The van der Waals surface area contributed by atoms with Crippen molar-refractivity contribution < 1.29 is 0 Å². The van der Waals surface area contributed by atoms with Crippen LogP contribution in [0.3, 0.4) is 0 Å². The van der Waals surface area contributed by atoms with Crippen LogP contribution in [0.5, 0.6) is 0 Å². The van der Waals surface area contributed by atoms with E-state index in [2.05, 4.69) is 17.6 Å². The summed E-state index contributed by atoms with van der Waals surface area (Å²) in [5, 5.41) is 8.29. The first-order valence-corrected chi connectivity index (χ1v) is 9.51. The van der Waals surface area contributed by atoms with E-state index in [1.807, 2.05) is 36.4 Å². The summed E-state index contributed by atoms with van der Waals surface area (Å²) in [5.41, 5.74) is 2.76. The topological polar surface area (TPSA) is 24.1 Å². The van der Waals surface area contributed by atoms with Crippen LogP contribution >= 0.6 is 47.0 Å². The fourth-order valence-electron chi connectivity index (χ4n) is 2.15. The summed E-state index contributed by atoms with van der Waals surface area (Å²) in [5.74, 6) is 0. The Morgan fingerprint density at radius 2 is 1.76 bits per heavy atom. The van der Waals surface area contributed by atoms with Crippen LogP contribution in [0, 0.1) is 0 Å². The molecular weight excluding hydrogens is 395 g/mol. The van der Waals surface area contributed by atoms with Gasteiger partial charge in [-0.25, -0.2) is 0 Å². The van der Waals surface area contributed by atoms with Crippen molar-refractivity contribution in [3.63, 3.8) is 0 Å². The number of nitrogens with one attached hydrogen (secondary N) is 2. The van der Waals surface area contributed by atoms with E-state index in [-0.39, 0.29) is 0 Å². The van der Waals surface area contributed by atoms with Gasteiger partial charge in [0.15, 0.2) is 0 Å². The van der Waals surface area contributed by atoms with Crippen molar-refractivity contribution in [1.82, 2.24) is 5.32 Å². The van der Waals surface area contributed by atoms with E-state index in [1.165, 1.54) is 0 Å². The number of thiocarbonyl (C=S) groups is 1.